The van der Waals surface area contributed by atoms with Crippen molar-refractivity contribution in [2.45, 2.75) is 19.4 Å². The Hall–Kier alpha value is -3.08. The number of oxime groups is 1. The van der Waals surface area contributed by atoms with Crippen LogP contribution >= 0.6 is 0 Å². The third-order valence-electron chi connectivity index (χ3n) is 3.48. The number of aromatic nitrogens is 1. The van der Waals surface area contributed by atoms with Crippen molar-refractivity contribution in [3.63, 3.8) is 0 Å². The number of benzene rings is 2. The summed E-state index contributed by atoms with van der Waals surface area (Å²) in [6.45, 7) is 0.225. The molecule has 0 amide bonds. The summed E-state index contributed by atoms with van der Waals surface area (Å²) in [7, 11) is 0. The first-order valence-corrected chi connectivity index (χ1v) is 7.79. The molecule has 5 heteroatoms. The first-order chi connectivity index (χ1) is 11.8. The zero-order chi connectivity index (χ0) is 16.6. The number of nitrogens with zero attached hydrogens (tertiary/aromatic N) is 2. The van der Waals surface area contributed by atoms with E-state index in [1.165, 1.54) is 5.56 Å². The molecule has 2 N–H and O–H groups in total. The van der Waals surface area contributed by atoms with Crippen LogP contribution in [0.15, 0.2) is 76.5 Å². The van der Waals surface area contributed by atoms with Gasteiger partial charge >= 0.3 is 0 Å². The van der Waals surface area contributed by atoms with Crippen molar-refractivity contribution >= 4 is 5.84 Å². The van der Waals surface area contributed by atoms with E-state index in [2.05, 4.69) is 22.3 Å². The van der Waals surface area contributed by atoms with Gasteiger partial charge in [0.05, 0.1) is 0 Å². The first-order valence-electron chi connectivity index (χ1n) is 7.79. The molecule has 0 aliphatic rings. The first kappa shape index (κ1) is 15.8. The van der Waals surface area contributed by atoms with Gasteiger partial charge < -0.3 is 15.0 Å². The number of hydrogen-bond donors (Lipinski definition) is 1. The Morgan fingerprint density at radius 1 is 1.04 bits per heavy atom. The van der Waals surface area contributed by atoms with Crippen LogP contribution < -0.4 is 5.73 Å². The molecule has 0 unspecified atom stereocenters. The van der Waals surface area contributed by atoms with Crippen LogP contribution in [0.2, 0.25) is 0 Å². The van der Waals surface area contributed by atoms with Gasteiger partial charge in [0.25, 0.3) is 0 Å². The highest BCUT2D eigenvalue weighted by atomic mass is 16.6. The molecular formula is C19H19N3O2. The highest BCUT2D eigenvalue weighted by molar-refractivity contribution is 5.79. The minimum atomic E-state index is 0.225. The van der Waals surface area contributed by atoms with Crippen molar-refractivity contribution < 1.29 is 9.25 Å². The number of oxazole rings is 1. The molecular weight excluding hydrogens is 302 g/mol. The minimum Gasteiger partial charge on any atom is -0.444 e. The topological polar surface area (TPSA) is 73.6 Å². The summed E-state index contributed by atoms with van der Waals surface area (Å²) >= 11 is 0. The molecule has 0 saturated heterocycles. The zero-order valence-corrected chi connectivity index (χ0v) is 13.3. The van der Waals surface area contributed by atoms with Gasteiger partial charge in [-0.05, 0) is 24.1 Å². The van der Waals surface area contributed by atoms with Crippen LogP contribution in [-0.2, 0) is 17.9 Å². The van der Waals surface area contributed by atoms with Gasteiger partial charge in [-0.3, -0.25) is 0 Å². The molecule has 24 heavy (non-hydrogen) atoms. The molecule has 3 aromatic rings. The van der Waals surface area contributed by atoms with E-state index in [9.17, 15) is 0 Å². The maximum absolute atomic E-state index is 5.86. The van der Waals surface area contributed by atoms with E-state index in [1.54, 1.807) is 6.26 Å². The van der Waals surface area contributed by atoms with E-state index in [0.29, 0.717) is 23.8 Å². The van der Waals surface area contributed by atoms with Crippen LogP contribution in [0.4, 0.5) is 0 Å². The SMILES string of the molecule is N/C(CCc1ccccc1)=N\OCc1coc(-c2ccccc2)n1. The molecule has 0 atom stereocenters. The Bertz CT molecular complexity index is 783. The smallest absolute Gasteiger partial charge is 0.226 e. The normalized spacial score (nSPS) is 11.4. The summed E-state index contributed by atoms with van der Waals surface area (Å²) in [6, 6.07) is 19.8. The van der Waals surface area contributed by atoms with E-state index in [1.807, 2.05) is 48.5 Å². The molecule has 0 aliphatic heterocycles. The number of amidine groups is 1. The lowest BCUT2D eigenvalue weighted by atomic mass is 10.1. The molecule has 0 aliphatic carbocycles. The second kappa shape index (κ2) is 7.97. The predicted octanol–water partition coefficient (Wildman–Crippen LogP) is 3.76. The molecule has 2 aromatic carbocycles. The monoisotopic (exact) mass is 321 g/mol. The average molecular weight is 321 g/mol. The van der Waals surface area contributed by atoms with Gasteiger partial charge in [-0.15, -0.1) is 0 Å². The second-order valence-corrected chi connectivity index (χ2v) is 5.35. The van der Waals surface area contributed by atoms with Crippen LogP contribution in [0.25, 0.3) is 11.5 Å². The summed E-state index contributed by atoms with van der Waals surface area (Å²) in [6.07, 6.45) is 3.05. The molecule has 122 valence electrons. The molecule has 0 bridgehead atoms. The zero-order valence-electron chi connectivity index (χ0n) is 13.3. The Morgan fingerprint density at radius 3 is 2.50 bits per heavy atom. The van der Waals surface area contributed by atoms with E-state index in [4.69, 9.17) is 15.0 Å². The van der Waals surface area contributed by atoms with Crippen molar-refractivity contribution in [1.29, 1.82) is 0 Å². The predicted molar refractivity (Wildman–Crippen MR) is 93.1 cm³/mol. The number of rotatable bonds is 7. The third-order valence-corrected chi connectivity index (χ3v) is 3.48. The fraction of sp³-hybridized carbons (Fsp3) is 0.158. The fourth-order valence-corrected chi connectivity index (χ4v) is 2.23. The van der Waals surface area contributed by atoms with Gasteiger partial charge in [-0.2, -0.15) is 0 Å². The summed E-state index contributed by atoms with van der Waals surface area (Å²) in [5, 5.41) is 3.93. The second-order valence-electron chi connectivity index (χ2n) is 5.35. The average Bonchev–Trinajstić information content (AvgIpc) is 3.11. The summed E-state index contributed by atoms with van der Waals surface area (Å²) < 4.78 is 5.44. The van der Waals surface area contributed by atoms with Crippen molar-refractivity contribution in [1.82, 2.24) is 4.98 Å². The van der Waals surface area contributed by atoms with Crippen LogP contribution in [0.1, 0.15) is 17.7 Å². The van der Waals surface area contributed by atoms with Crippen molar-refractivity contribution in [2.24, 2.45) is 10.9 Å². The summed E-state index contributed by atoms with van der Waals surface area (Å²) in [5.41, 5.74) is 8.69. The van der Waals surface area contributed by atoms with Crippen molar-refractivity contribution in [3.8, 4) is 11.5 Å². The molecule has 3 rings (SSSR count). The third kappa shape index (κ3) is 4.46. The lowest BCUT2D eigenvalue weighted by molar-refractivity contribution is 0.126. The maximum Gasteiger partial charge on any atom is 0.226 e. The van der Waals surface area contributed by atoms with E-state index >= 15 is 0 Å². The van der Waals surface area contributed by atoms with Gasteiger partial charge in [0, 0.05) is 12.0 Å². The Morgan fingerprint density at radius 2 is 1.75 bits per heavy atom. The van der Waals surface area contributed by atoms with Crippen LogP contribution in [-0.4, -0.2) is 10.8 Å². The molecule has 0 spiro atoms. The Balaban J connectivity index is 1.48. The van der Waals surface area contributed by atoms with E-state index in [0.717, 1.165) is 12.0 Å². The van der Waals surface area contributed by atoms with Crippen LogP contribution in [0.3, 0.4) is 0 Å². The van der Waals surface area contributed by atoms with E-state index < -0.39 is 0 Å². The largest absolute Gasteiger partial charge is 0.444 e. The molecule has 0 radical (unpaired) electrons. The Labute approximate surface area is 140 Å². The minimum absolute atomic E-state index is 0.225. The highest BCUT2D eigenvalue weighted by Gasteiger charge is 2.06. The van der Waals surface area contributed by atoms with Crippen molar-refractivity contribution in [3.05, 3.63) is 78.2 Å². The summed E-state index contributed by atoms with van der Waals surface area (Å²) in [5.74, 6) is 1.03. The van der Waals surface area contributed by atoms with Gasteiger partial charge in [-0.1, -0.05) is 53.7 Å². The number of nitrogens with two attached hydrogens (primary N) is 1. The van der Waals surface area contributed by atoms with Gasteiger partial charge in [-0.25, -0.2) is 4.98 Å². The summed E-state index contributed by atoms with van der Waals surface area (Å²) in [4.78, 5) is 9.63. The number of hydrogen-bond acceptors (Lipinski definition) is 4. The molecule has 5 nitrogen and oxygen atoms in total. The number of aryl methyl sites for hydroxylation is 1. The highest BCUT2D eigenvalue weighted by Crippen LogP contribution is 2.18. The molecule has 0 fully saturated rings. The van der Waals surface area contributed by atoms with Crippen molar-refractivity contribution in [2.75, 3.05) is 0 Å². The Kier molecular flexibility index (Phi) is 5.24. The molecule has 1 aromatic heterocycles. The van der Waals surface area contributed by atoms with Gasteiger partial charge in [0.1, 0.15) is 17.8 Å². The van der Waals surface area contributed by atoms with Gasteiger partial charge in [0.15, 0.2) is 6.61 Å². The maximum atomic E-state index is 5.86. The molecule has 0 saturated carbocycles. The lowest BCUT2D eigenvalue weighted by Gasteiger charge is -2.01. The van der Waals surface area contributed by atoms with E-state index in [-0.39, 0.29) is 6.61 Å². The quantitative estimate of drug-likeness (QED) is 0.408. The van der Waals surface area contributed by atoms with Crippen LogP contribution in [0.5, 0.6) is 0 Å². The fourth-order valence-electron chi connectivity index (χ4n) is 2.23. The van der Waals surface area contributed by atoms with Crippen LogP contribution in [0, 0.1) is 0 Å². The standard InChI is InChI=1S/C19H19N3O2/c20-18(12-11-15-7-3-1-4-8-15)22-24-14-17-13-23-19(21-17)16-9-5-2-6-10-16/h1-10,13H,11-12,14H2,(H2,20,22). The molecule has 1 heterocycles. The van der Waals surface area contributed by atoms with Gasteiger partial charge in [0.2, 0.25) is 5.89 Å². The lowest BCUT2D eigenvalue weighted by Crippen LogP contribution is -2.13.